The average Bonchev–Trinajstić information content (AvgIpc) is 2.60. The van der Waals surface area contributed by atoms with Gasteiger partial charge in [-0.3, -0.25) is 4.90 Å². The van der Waals surface area contributed by atoms with Crippen molar-refractivity contribution in [3.8, 4) is 0 Å². The van der Waals surface area contributed by atoms with E-state index in [0.717, 1.165) is 18.0 Å². The summed E-state index contributed by atoms with van der Waals surface area (Å²) >= 11 is 6.04. The van der Waals surface area contributed by atoms with Gasteiger partial charge in [0.15, 0.2) is 0 Å². The van der Waals surface area contributed by atoms with Crippen LogP contribution in [-0.4, -0.2) is 23.5 Å². The van der Waals surface area contributed by atoms with Gasteiger partial charge in [0, 0.05) is 23.7 Å². The Balaban J connectivity index is 2.30. The third-order valence-corrected chi connectivity index (χ3v) is 3.57. The first-order chi connectivity index (χ1) is 7.59. The predicted octanol–water partition coefficient (Wildman–Crippen LogP) is 2.82. The van der Waals surface area contributed by atoms with Crippen molar-refractivity contribution >= 4 is 11.6 Å². The summed E-state index contributed by atoms with van der Waals surface area (Å²) in [5.41, 5.74) is 7.45. The largest absolute Gasteiger partial charge is 0.326 e. The molecule has 3 heteroatoms. The molecule has 0 saturated carbocycles. The maximum Gasteiger partial charge on any atom is 0.0502 e. The molecule has 2 nitrogen and oxygen atoms in total. The Bertz CT molecular complexity index is 365. The third-order valence-electron chi connectivity index (χ3n) is 3.34. The fraction of sp³-hybridized carbons (Fsp3) is 0.538. The molecule has 0 aromatic heterocycles. The summed E-state index contributed by atoms with van der Waals surface area (Å²) in [6.07, 6.45) is 1.06. The Morgan fingerprint density at radius 1 is 1.44 bits per heavy atom. The van der Waals surface area contributed by atoms with Crippen molar-refractivity contribution in [2.45, 2.75) is 38.4 Å². The summed E-state index contributed by atoms with van der Waals surface area (Å²) < 4.78 is 0. The zero-order valence-corrected chi connectivity index (χ0v) is 10.6. The molecule has 88 valence electrons. The number of nitrogens with zero attached hydrogens (tertiary/aromatic N) is 1. The monoisotopic (exact) mass is 238 g/mol. The van der Waals surface area contributed by atoms with E-state index in [9.17, 15) is 0 Å². The highest BCUT2D eigenvalue weighted by Crippen LogP contribution is 2.33. The number of benzene rings is 1. The Morgan fingerprint density at radius 2 is 2.19 bits per heavy atom. The molecule has 1 aromatic carbocycles. The quantitative estimate of drug-likeness (QED) is 0.859. The van der Waals surface area contributed by atoms with Crippen LogP contribution in [0, 0.1) is 0 Å². The maximum atomic E-state index is 6.20. The van der Waals surface area contributed by atoms with E-state index in [0.29, 0.717) is 12.1 Å². The molecular formula is C13H19ClN2. The zero-order valence-electron chi connectivity index (χ0n) is 9.86. The Labute approximate surface area is 102 Å². The number of rotatable bonds is 2. The van der Waals surface area contributed by atoms with Crippen molar-refractivity contribution in [2.75, 3.05) is 6.54 Å². The Kier molecular flexibility index (Phi) is 3.53. The minimum Gasteiger partial charge on any atom is -0.326 e. The van der Waals surface area contributed by atoms with Gasteiger partial charge in [0.25, 0.3) is 0 Å². The molecule has 0 amide bonds. The molecule has 0 bridgehead atoms. The molecule has 1 saturated heterocycles. The van der Waals surface area contributed by atoms with E-state index < -0.39 is 0 Å². The van der Waals surface area contributed by atoms with Crippen LogP contribution in [-0.2, 0) is 0 Å². The van der Waals surface area contributed by atoms with Crippen molar-refractivity contribution in [1.29, 1.82) is 0 Å². The number of halogens is 1. The standard InChI is InChI=1S/C13H19ClN2/c1-9(2)16-7-6-12(15)13(16)10-4-3-5-11(14)8-10/h3-5,8-9,12-13H,6-7,15H2,1-2H3/t12-,13+/m1/s1. The molecule has 2 N–H and O–H groups in total. The molecule has 1 aliphatic heterocycles. The lowest BCUT2D eigenvalue weighted by atomic mass is 10.0. The van der Waals surface area contributed by atoms with Crippen LogP contribution in [0.3, 0.4) is 0 Å². The van der Waals surface area contributed by atoms with Crippen LogP contribution in [0.25, 0.3) is 0 Å². The second-order valence-corrected chi connectivity index (χ2v) is 5.22. The van der Waals surface area contributed by atoms with Crippen LogP contribution in [0.2, 0.25) is 5.02 Å². The van der Waals surface area contributed by atoms with Gasteiger partial charge in [-0.05, 0) is 38.0 Å². The highest BCUT2D eigenvalue weighted by atomic mass is 35.5. The lowest BCUT2D eigenvalue weighted by Crippen LogP contribution is -2.35. The number of likely N-dealkylation sites (tertiary alicyclic amines) is 1. The highest BCUT2D eigenvalue weighted by Gasteiger charge is 2.34. The molecule has 1 aromatic rings. The zero-order chi connectivity index (χ0) is 11.7. The van der Waals surface area contributed by atoms with Crippen LogP contribution in [0.1, 0.15) is 31.9 Å². The molecule has 0 spiro atoms. The highest BCUT2D eigenvalue weighted by molar-refractivity contribution is 6.30. The van der Waals surface area contributed by atoms with Crippen molar-refractivity contribution in [1.82, 2.24) is 4.90 Å². The van der Waals surface area contributed by atoms with Crippen molar-refractivity contribution in [3.63, 3.8) is 0 Å². The Morgan fingerprint density at radius 3 is 2.81 bits per heavy atom. The second kappa shape index (κ2) is 4.74. The van der Waals surface area contributed by atoms with Crippen molar-refractivity contribution < 1.29 is 0 Å². The molecule has 2 rings (SSSR count). The van der Waals surface area contributed by atoms with Gasteiger partial charge in [0.2, 0.25) is 0 Å². The predicted molar refractivity (Wildman–Crippen MR) is 68.6 cm³/mol. The summed E-state index contributed by atoms with van der Waals surface area (Å²) in [6.45, 7) is 5.52. The molecule has 0 aliphatic carbocycles. The first-order valence-corrected chi connectivity index (χ1v) is 6.24. The van der Waals surface area contributed by atoms with Crippen LogP contribution in [0.15, 0.2) is 24.3 Å². The summed E-state index contributed by atoms with van der Waals surface area (Å²) in [7, 11) is 0. The van der Waals surface area contributed by atoms with E-state index >= 15 is 0 Å². The summed E-state index contributed by atoms with van der Waals surface area (Å²) in [5.74, 6) is 0. The molecule has 16 heavy (non-hydrogen) atoms. The van der Waals surface area contributed by atoms with Gasteiger partial charge in [-0.15, -0.1) is 0 Å². The van der Waals surface area contributed by atoms with Crippen LogP contribution < -0.4 is 5.73 Å². The Hall–Kier alpha value is -0.570. The molecule has 1 fully saturated rings. The molecule has 1 aliphatic rings. The minimum absolute atomic E-state index is 0.223. The summed E-state index contributed by atoms with van der Waals surface area (Å²) in [4.78, 5) is 2.45. The fourth-order valence-corrected chi connectivity index (χ4v) is 2.75. The number of hydrogen-bond donors (Lipinski definition) is 1. The average molecular weight is 239 g/mol. The number of hydrogen-bond acceptors (Lipinski definition) is 2. The van der Waals surface area contributed by atoms with E-state index in [-0.39, 0.29) is 6.04 Å². The van der Waals surface area contributed by atoms with Gasteiger partial charge in [-0.25, -0.2) is 0 Å². The van der Waals surface area contributed by atoms with E-state index in [1.165, 1.54) is 5.56 Å². The van der Waals surface area contributed by atoms with Crippen LogP contribution >= 0.6 is 11.6 Å². The third kappa shape index (κ3) is 2.24. The SMILES string of the molecule is CC(C)N1CC[C@@H](N)[C@@H]1c1cccc(Cl)c1. The van der Waals surface area contributed by atoms with Crippen molar-refractivity contribution in [2.24, 2.45) is 5.73 Å². The number of nitrogens with two attached hydrogens (primary N) is 1. The lowest BCUT2D eigenvalue weighted by Gasteiger charge is -2.30. The fourth-order valence-electron chi connectivity index (χ4n) is 2.55. The van der Waals surface area contributed by atoms with Gasteiger partial charge in [-0.2, -0.15) is 0 Å². The van der Waals surface area contributed by atoms with Gasteiger partial charge in [0.05, 0.1) is 6.04 Å². The van der Waals surface area contributed by atoms with Gasteiger partial charge in [-0.1, -0.05) is 23.7 Å². The first kappa shape index (κ1) is 11.9. The van der Waals surface area contributed by atoms with E-state index in [2.05, 4.69) is 24.8 Å². The molecule has 1 heterocycles. The van der Waals surface area contributed by atoms with Gasteiger partial charge < -0.3 is 5.73 Å². The molecule has 2 atom stereocenters. The van der Waals surface area contributed by atoms with Gasteiger partial charge in [0.1, 0.15) is 0 Å². The molecule has 0 radical (unpaired) electrons. The molecular weight excluding hydrogens is 220 g/mol. The van der Waals surface area contributed by atoms with Crippen LogP contribution in [0.5, 0.6) is 0 Å². The maximum absolute atomic E-state index is 6.20. The summed E-state index contributed by atoms with van der Waals surface area (Å²) in [6, 6.07) is 9.13. The topological polar surface area (TPSA) is 29.3 Å². The normalized spacial score (nSPS) is 26.6. The smallest absolute Gasteiger partial charge is 0.0502 e. The van der Waals surface area contributed by atoms with Gasteiger partial charge >= 0.3 is 0 Å². The summed E-state index contributed by atoms with van der Waals surface area (Å²) in [5, 5.41) is 0.792. The van der Waals surface area contributed by atoms with E-state index in [1.54, 1.807) is 0 Å². The van der Waals surface area contributed by atoms with E-state index in [4.69, 9.17) is 17.3 Å². The minimum atomic E-state index is 0.223. The van der Waals surface area contributed by atoms with Crippen LogP contribution in [0.4, 0.5) is 0 Å². The van der Waals surface area contributed by atoms with E-state index in [1.807, 2.05) is 18.2 Å². The molecule has 0 unspecified atom stereocenters. The first-order valence-electron chi connectivity index (χ1n) is 5.86. The second-order valence-electron chi connectivity index (χ2n) is 4.78. The lowest BCUT2D eigenvalue weighted by molar-refractivity contribution is 0.198. The van der Waals surface area contributed by atoms with Crippen molar-refractivity contribution in [3.05, 3.63) is 34.9 Å².